The van der Waals surface area contributed by atoms with Gasteiger partial charge in [-0.1, -0.05) is 35.5 Å². The highest BCUT2D eigenvalue weighted by Gasteiger charge is 2.30. The molecule has 3 rings (SSSR count). The average molecular weight is 365 g/mol. The lowest BCUT2D eigenvalue weighted by Gasteiger charge is -2.18. The number of carboxylic acid groups (broad SMARTS) is 1. The van der Waals surface area contributed by atoms with Crippen molar-refractivity contribution in [2.75, 3.05) is 0 Å². The smallest absolute Gasteiger partial charge is 0.319 e. The van der Waals surface area contributed by atoms with E-state index in [1.165, 1.54) is 29.4 Å². The fourth-order valence-corrected chi connectivity index (χ4v) is 4.14. The Bertz CT molecular complexity index is 875. The van der Waals surface area contributed by atoms with Gasteiger partial charge in [0.2, 0.25) is 0 Å². The van der Waals surface area contributed by atoms with E-state index in [0.29, 0.717) is 10.0 Å². The van der Waals surface area contributed by atoms with Crippen LogP contribution in [0, 0.1) is 0 Å². The summed E-state index contributed by atoms with van der Waals surface area (Å²) in [4.78, 5) is 20.9. The van der Waals surface area contributed by atoms with E-state index >= 15 is 0 Å². The van der Waals surface area contributed by atoms with Crippen molar-refractivity contribution in [1.29, 1.82) is 0 Å². The second kappa shape index (κ2) is 6.11. The molecule has 23 heavy (non-hydrogen) atoms. The van der Waals surface area contributed by atoms with Crippen molar-refractivity contribution in [3.63, 3.8) is 0 Å². The highest BCUT2D eigenvalue weighted by Crippen LogP contribution is 2.41. The highest BCUT2D eigenvalue weighted by atomic mass is 35.5. The first-order valence-electron chi connectivity index (χ1n) is 6.79. The second-order valence-corrected chi connectivity index (χ2v) is 8.34. The van der Waals surface area contributed by atoms with Gasteiger partial charge in [-0.15, -0.1) is 11.3 Å². The zero-order chi connectivity index (χ0) is 16.6. The maximum Gasteiger partial charge on any atom is 0.319 e. The van der Waals surface area contributed by atoms with Crippen LogP contribution in [0.25, 0.3) is 21.3 Å². The molecule has 0 atom stereocenters. The van der Waals surface area contributed by atoms with E-state index in [4.69, 9.17) is 11.6 Å². The monoisotopic (exact) mass is 364 g/mol. The van der Waals surface area contributed by atoms with Crippen molar-refractivity contribution in [3.8, 4) is 11.1 Å². The Morgan fingerprint density at radius 2 is 1.96 bits per heavy atom. The summed E-state index contributed by atoms with van der Waals surface area (Å²) in [5.74, 6) is -0.877. The normalized spacial score (nSPS) is 11.8. The van der Waals surface area contributed by atoms with Crippen molar-refractivity contribution in [2.45, 2.75) is 23.6 Å². The number of halogens is 1. The molecular formula is C16H13ClN2O2S2. The molecule has 2 aromatic heterocycles. The first-order chi connectivity index (χ1) is 10.9. The number of fused-ring (bicyclic) bond motifs is 1. The van der Waals surface area contributed by atoms with E-state index in [1.807, 2.05) is 29.6 Å². The summed E-state index contributed by atoms with van der Waals surface area (Å²) in [6, 6.07) is 7.54. The summed E-state index contributed by atoms with van der Waals surface area (Å²) in [5, 5.41) is 13.6. The Balaban J connectivity index is 2.15. The number of carboxylic acids is 1. The molecule has 1 N–H and O–H groups in total. The standard InChI is InChI=1S/C16H13ClN2O2S2/c1-16(2,15(20)21)23-14-12-11(7-22-13(12)18-8-19-14)9-3-5-10(17)6-4-9/h3-8H,1-2H3,(H,20,21). The Morgan fingerprint density at radius 3 is 2.61 bits per heavy atom. The molecule has 118 valence electrons. The third-order valence-corrected chi connectivity index (χ3v) is 5.68. The molecule has 0 unspecified atom stereocenters. The molecule has 0 aliphatic heterocycles. The number of thiophene rings is 1. The van der Waals surface area contributed by atoms with Gasteiger partial charge in [0.25, 0.3) is 0 Å². The third kappa shape index (κ3) is 3.20. The van der Waals surface area contributed by atoms with E-state index in [2.05, 4.69) is 9.97 Å². The molecule has 3 aromatic rings. The van der Waals surface area contributed by atoms with Gasteiger partial charge < -0.3 is 5.11 Å². The molecule has 0 bridgehead atoms. The summed E-state index contributed by atoms with van der Waals surface area (Å²) in [6.07, 6.45) is 1.48. The lowest BCUT2D eigenvalue weighted by Crippen LogP contribution is -2.27. The number of rotatable bonds is 4. The van der Waals surface area contributed by atoms with E-state index in [9.17, 15) is 9.90 Å². The van der Waals surface area contributed by atoms with Crippen LogP contribution in [0.1, 0.15) is 13.8 Å². The number of hydrogen-bond donors (Lipinski definition) is 1. The van der Waals surface area contributed by atoms with Gasteiger partial charge in [0, 0.05) is 16.0 Å². The molecule has 0 fully saturated rings. The molecule has 1 aromatic carbocycles. The van der Waals surface area contributed by atoms with E-state index < -0.39 is 10.7 Å². The number of thioether (sulfide) groups is 1. The molecule has 0 radical (unpaired) electrons. The fraction of sp³-hybridized carbons (Fsp3) is 0.188. The Kier molecular flexibility index (Phi) is 4.31. The predicted octanol–water partition coefficient (Wildman–Crippen LogP) is 4.97. The van der Waals surface area contributed by atoms with Crippen LogP contribution in [0.15, 0.2) is 41.0 Å². The quantitative estimate of drug-likeness (QED) is 0.523. The van der Waals surface area contributed by atoms with Crippen LogP contribution in [0.3, 0.4) is 0 Å². The van der Waals surface area contributed by atoms with Crippen LogP contribution in [-0.4, -0.2) is 25.8 Å². The van der Waals surface area contributed by atoms with Gasteiger partial charge in [-0.2, -0.15) is 0 Å². The van der Waals surface area contributed by atoms with Crippen molar-refractivity contribution in [2.24, 2.45) is 0 Å². The first kappa shape index (κ1) is 16.2. The predicted molar refractivity (Wildman–Crippen MR) is 95.4 cm³/mol. The molecule has 7 heteroatoms. The van der Waals surface area contributed by atoms with E-state index in [0.717, 1.165) is 21.3 Å². The van der Waals surface area contributed by atoms with Crippen molar-refractivity contribution in [1.82, 2.24) is 9.97 Å². The van der Waals surface area contributed by atoms with E-state index in [1.54, 1.807) is 13.8 Å². The van der Waals surface area contributed by atoms with Crippen LogP contribution in [-0.2, 0) is 4.79 Å². The number of carbonyl (C=O) groups is 1. The first-order valence-corrected chi connectivity index (χ1v) is 8.86. The van der Waals surface area contributed by atoms with Crippen LogP contribution in [0.5, 0.6) is 0 Å². The topological polar surface area (TPSA) is 63.1 Å². The molecule has 0 aliphatic rings. The van der Waals surface area contributed by atoms with E-state index in [-0.39, 0.29) is 0 Å². The van der Waals surface area contributed by atoms with Gasteiger partial charge >= 0.3 is 5.97 Å². The summed E-state index contributed by atoms with van der Waals surface area (Å²) >= 11 is 8.70. The number of nitrogens with zero attached hydrogens (tertiary/aromatic N) is 2. The Morgan fingerprint density at radius 1 is 1.26 bits per heavy atom. The van der Waals surface area contributed by atoms with Gasteiger partial charge in [0.15, 0.2) is 0 Å². The average Bonchev–Trinajstić information content (AvgIpc) is 2.93. The Hall–Kier alpha value is -1.63. The highest BCUT2D eigenvalue weighted by molar-refractivity contribution is 8.01. The molecule has 0 aliphatic carbocycles. The maximum absolute atomic E-state index is 11.4. The minimum Gasteiger partial charge on any atom is -0.480 e. The summed E-state index contributed by atoms with van der Waals surface area (Å²) in [5.41, 5.74) is 2.00. The maximum atomic E-state index is 11.4. The summed E-state index contributed by atoms with van der Waals surface area (Å²) in [7, 11) is 0. The van der Waals surface area contributed by atoms with Crippen molar-refractivity contribution < 1.29 is 9.90 Å². The van der Waals surface area contributed by atoms with Crippen molar-refractivity contribution in [3.05, 3.63) is 41.0 Å². The van der Waals surface area contributed by atoms with Gasteiger partial charge in [-0.05, 0) is 31.5 Å². The van der Waals surface area contributed by atoms with Gasteiger partial charge in [-0.3, -0.25) is 4.79 Å². The second-order valence-electron chi connectivity index (χ2n) is 5.43. The molecule has 0 amide bonds. The summed E-state index contributed by atoms with van der Waals surface area (Å²) < 4.78 is -0.972. The fourth-order valence-electron chi connectivity index (χ4n) is 2.05. The number of benzene rings is 1. The zero-order valence-corrected chi connectivity index (χ0v) is 14.8. The Labute approximate surface area is 146 Å². The SMILES string of the molecule is CC(C)(Sc1ncnc2scc(-c3ccc(Cl)cc3)c12)C(=O)O. The lowest BCUT2D eigenvalue weighted by molar-refractivity contribution is -0.138. The van der Waals surface area contributed by atoms with Gasteiger partial charge in [-0.25, -0.2) is 9.97 Å². The summed E-state index contributed by atoms with van der Waals surface area (Å²) in [6.45, 7) is 3.34. The van der Waals surface area contributed by atoms with Crippen LogP contribution in [0.2, 0.25) is 5.02 Å². The van der Waals surface area contributed by atoms with Gasteiger partial charge in [0.05, 0.1) is 5.39 Å². The molecular weight excluding hydrogens is 352 g/mol. The minimum atomic E-state index is -0.972. The van der Waals surface area contributed by atoms with Crippen LogP contribution < -0.4 is 0 Å². The number of hydrogen-bond acceptors (Lipinski definition) is 5. The lowest BCUT2D eigenvalue weighted by atomic mass is 10.1. The van der Waals surface area contributed by atoms with Crippen molar-refractivity contribution >= 4 is 50.9 Å². The largest absolute Gasteiger partial charge is 0.480 e. The molecule has 2 heterocycles. The molecule has 0 saturated carbocycles. The third-order valence-electron chi connectivity index (χ3n) is 3.36. The number of aromatic nitrogens is 2. The van der Waals surface area contributed by atoms with Gasteiger partial charge in [0.1, 0.15) is 20.9 Å². The molecule has 0 saturated heterocycles. The minimum absolute atomic E-state index is 0.672. The van der Waals surface area contributed by atoms with Crippen LogP contribution in [0.4, 0.5) is 0 Å². The molecule has 4 nitrogen and oxygen atoms in total. The zero-order valence-electron chi connectivity index (χ0n) is 12.4. The molecule has 0 spiro atoms. The number of aliphatic carboxylic acids is 1. The van der Waals surface area contributed by atoms with Crippen LogP contribution >= 0.6 is 34.7 Å².